The van der Waals surface area contributed by atoms with Crippen LogP contribution in [0.25, 0.3) is 0 Å². The number of carbonyl (C=O) groups is 1. The minimum atomic E-state index is -0.452. The number of para-hydroxylation sites is 1. The molecule has 3 aromatic carbocycles. The van der Waals surface area contributed by atoms with Crippen LogP contribution in [-0.4, -0.2) is 16.6 Å². The molecular formula is C21H15ClN2O4S. The summed E-state index contributed by atoms with van der Waals surface area (Å²) in [5, 5.41) is 11.6. The van der Waals surface area contributed by atoms with E-state index in [-0.39, 0.29) is 17.3 Å². The number of amides is 1. The second kappa shape index (κ2) is 8.14. The van der Waals surface area contributed by atoms with Gasteiger partial charge in [0, 0.05) is 16.8 Å². The van der Waals surface area contributed by atoms with Gasteiger partial charge in [-0.3, -0.25) is 19.8 Å². The molecule has 1 aliphatic rings. The summed E-state index contributed by atoms with van der Waals surface area (Å²) in [7, 11) is 0. The highest BCUT2D eigenvalue weighted by molar-refractivity contribution is 8.00. The fourth-order valence-electron chi connectivity index (χ4n) is 3.11. The molecule has 3 aromatic rings. The first kappa shape index (κ1) is 19.3. The van der Waals surface area contributed by atoms with E-state index >= 15 is 0 Å². The molecule has 1 aliphatic heterocycles. The Morgan fingerprint density at radius 1 is 1.00 bits per heavy atom. The summed E-state index contributed by atoms with van der Waals surface area (Å²) in [5.41, 5.74) is 1.17. The fourth-order valence-corrected chi connectivity index (χ4v) is 4.44. The number of nitrogens with zero attached hydrogens (tertiary/aromatic N) is 2. The number of rotatable bonds is 5. The van der Waals surface area contributed by atoms with Crippen molar-refractivity contribution in [3.63, 3.8) is 0 Å². The Hall–Kier alpha value is -3.03. The molecule has 0 saturated carbocycles. The van der Waals surface area contributed by atoms with Gasteiger partial charge in [0.2, 0.25) is 5.91 Å². The SMILES string of the molecule is O=C1CS[C@H](c2ccccc2[N+](=O)[O-])N1c1ccc(Oc2ccc(Cl)cc2)cc1. The number of benzene rings is 3. The molecule has 146 valence electrons. The van der Waals surface area contributed by atoms with Gasteiger partial charge < -0.3 is 4.74 Å². The van der Waals surface area contributed by atoms with Gasteiger partial charge in [-0.15, -0.1) is 11.8 Å². The van der Waals surface area contributed by atoms with Gasteiger partial charge in [-0.1, -0.05) is 23.7 Å². The Morgan fingerprint density at radius 2 is 1.62 bits per heavy atom. The minimum Gasteiger partial charge on any atom is -0.457 e. The molecule has 1 saturated heterocycles. The van der Waals surface area contributed by atoms with Gasteiger partial charge in [-0.25, -0.2) is 0 Å². The van der Waals surface area contributed by atoms with E-state index in [1.165, 1.54) is 17.8 Å². The van der Waals surface area contributed by atoms with Crippen LogP contribution < -0.4 is 9.64 Å². The lowest BCUT2D eigenvalue weighted by molar-refractivity contribution is -0.385. The molecular weight excluding hydrogens is 412 g/mol. The standard InChI is InChI=1S/C21H15ClN2O4S/c22-14-5-9-16(10-6-14)28-17-11-7-15(8-12-17)23-20(25)13-29-21(23)18-3-1-2-4-19(18)24(26)27/h1-12,21H,13H2/t21-/m1/s1. The van der Waals surface area contributed by atoms with Gasteiger partial charge in [0.05, 0.1) is 16.2 Å². The third-order valence-electron chi connectivity index (χ3n) is 4.43. The van der Waals surface area contributed by atoms with Crippen molar-refractivity contribution in [2.24, 2.45) is 0 Å². The Bertz CT molecular complexity index is 1060. The monoisotopic (exact) mass is 426 g/mol. The topological polar surface area (TPSA) is 72.7 Å². The van der Waals surface area contributed by atoms with Gasteiger partial charge >= 0.3 is 0 Å². The van der Waals surface area contributed by atoms with Gasteiger partial charge in [-0.2, -0.15) is 0 Å². The maximum absolute atomic E-state index is 12.5. The Kier molecular flexibility index (Phi) is 5.42. The highest BCUT2D eigenvalue weighted by Gasteiger charge is 2.37. The Labute approximate surface area is 176 Å². The van der Waals surface area contributed by atoms with Crippen LogP contribution in [0.5, 0.6) is 11.5 Å². The van der Waals surface area contributed by atoms with E-state index in [2.05, 4.69) is 0 Å². The number of hydrogen-bond donors (Lipinski definition) is 0. The first-order valence-corrected chi connectivity index (χ1v) is 10.2. The summed E-state index contributed by atoms with van der Waals surface area (Å²) in [4.78, 5) is 25.1. The highest BCUT2D eigenvalue weighted by Crippen LogP contribution is 2.44. The predicted octanol–water partition coefficient (Wildman–Crippen LogP) is 5.82. The van der Waals surface area contributed by atoms with Crippen LogP contribution in [0.3, 0.4) is 0 Å². The molecule has 0 bridgehead atoms. The first-order chi connectivity index (χ1) is 14.0. The summed E-state index contributed by atoms with van der Waals surface area (Å²) in [5.74, 6) is 1.43. The fraction of sp³-hybridized carbons (Fsp3) is 0.0952. The van der Waals surface area contributed by atoms with E-state index < -0.39 is 10.3 Å². The molecule has 1 amide bonds. The van der Waals surface area contributed by atoms with Crippen molar-refractivity contribution in [2.75, 3.05) is 10.7 Å². The molecule has 8 heteroatoms. The van der Waals surface area contributed by atoms with Crippen molar-refractivity contribution in [2.45, 2.75) is 5.37 Å². The van der Waals surface area contributed by atoms with Crippen molar-refractivity contribution in [3.8, 4) is 11.5 Å². The average molecular weight is 427 g/mol. The molecule has 0 aliphatic carbocycles. The molecule has 1 heterocycles. The molecule has 1 atom stereocenters. The molecule has 0 N–H and O–H groups in total. The van der Waals surface area contributed by atoms with E-state index in [9.17, 15) is 14.9 Å². The highest BCUT2D eigenvalue weighted by atomic mass is 35.5. The third kappa shape index (κ3) is 4.06. The zero-order chi connectivity index (χ0) is 20.4. The molecule has 4 rings (SSSR count). The summed E-state index contributed by atoms with van der Waals surface area (Å²) < 4.78 is 5.78. The van der Waals surface area contributed by atoms with Gasteiger partial charge in [0.25, 0.3) is 5.69 Å². The number of nitro benzene ring substituents is 1. The van der Waals surface area contributed by atoms with Gasteiger partial charge in [0.1, 0.15) is 16.9 Å². The van der Waals surface area contributed by atoms with E-state index in [0.717, 1.165) is 0 Å². The van der Waals surface area contributed by atoms with Crippen LogP contribution in [0.2, 0.25) is 5.02 Å². The normalized spacial score (nSPS) is 16.1. The number of hydrogen-bond acceptors (Lipinski definition) is 5. The largest absolute Gasteiger partial charge is 0.457 e. The first-order valence-electron chi connectivity index (χ1n) is 8.73. The molecule has 1 fully saturated rings. The van der Waals surface area contributed by atoms with E-state index in [1.807, 2.05) is 0 Å². The zero-order valence-electron chi connectivity index (χ0n) is 15.0. The number of anilines is 1. The minimum absolute atomic E-state index is 0.00684. The Morgan fingerprint density at radius 3 is 2.28 bits per heavy atom. The quantitative estimate of drug-likeness (QED) is 0.379. The number of ether oxygens (including phenoxy) is 1. The second-order valence-corrected chi connectivity index (χ2v) is 7.80. The van der Waals surface area contributed by atoms with Crippen molar-refractivity contribution in [1.29, 1.82) is 0 Å². The molecule has 0 unspecified atom stereocenters. The summed E-state index contributed by atoms with van der Waals surface area (Å²) in [6.07, 6.45) is 0. The zero-order valence-corrected chi connectivity index (χ0v) is 16.6. The second-order valence-electron chi connectivity index (χ2n) is 6.29. The average Bonchev–Trinajstić information content (AvgIpc) is 3.11. The Balaban J connectivity index is 1.60. The van der Waals surface area contributed by atoms with E-state index in [1.54, 1.807) is 71.6 Å². The third-order valence-corrected chi connectivity index (χ3v) is 5.88. The van der Waals surface area contributed by atoms with Crippen LogP contribution in [0.15, 0.2) is 72.8 Å². The maximum Gasteiger partial charge on any atom is 0.275 e. The smallest absolute Gasteiger partial charge is 0.275 e. The van der Waals surface area contributed by atoms with Crippen LogP contribution in [0.4, 0.5) is 11.4 Å². The van der Waals surface area contributed by atoms with Crippen molar-refractivity contribution >= 4 is 40.6 Å². The van der Waals surface area contributed by atoms with Gasteiger partial charge in [0.15, 0.2) is 0 Å². The molecule has 0 aromatic heterocycles. The van der Waals surface area contributed by atoms with Crippen LogP contribution in [0.1, 0.15) is 10.9 Å². The van der Waals surface area contributed by atoms with E-state index in [4.69, 9.17) is 16.3 Å². The lowest BCUT2D eigenvalue weighted by Crippen LogP contribution is -2.28. The number of thioether (sulfide) groups is 1. The molecule has 6 nitrogen and oxygen atoms in total. The van der Waals surface area contributed by atoms with Crippen molar-refractivity contribution < 1.29 is 14.5 Å². The maximum atomic E-state index is 12.5. The van der Waals surface area contributed by atoms with Gasteiger partial charge in [-0.05, 0) is 54.6 Å². The molecule has 0 spiro atoms. The van der Waals surface area contributed by atoms with Crippen LogP contribution in [-0.2, 0) is 4.79 Å². The molecule has 0 radical (unpaired) electrons. The summed E-state index contributed by atoms with van der Waals surface area (Å²) in [6.45, 7) is 0. The van der Waals surface area contributed by atoms with Crippen molar-refractivity contribution in [3.05, 3.63) is 93.5 Å². The van der Waals surface area contributed by atoms with Crippen LogP contribution >= 0.6 is 23.4 Å². The van der Waals surface area contributed by atoms with Crippen LogP contribution in [0, 0.1) is 10.1 Å². The van der Waals surface area contributed by atoms with E-state index in [0.29, 0.717) is 27.8 Å². The number of nitro groups is 1. The molecule has 29 heavy (non-hydrogen) atoms. The lowest BCUT2D eigenvalue weighted by atomic mass is 10.1. The predicted molar refractivity (Wildman–Crippen MR) is 114 cm³/mol. The summed E-state index contributed by atoms with van der Waals surface area (Å²) >= 11 is 7.25. The van der Waals surface area contributed by atoms with Crippen molar-refractivity contribution in [1.82, 2.24) is 0 Å². The number of halogens is 1. The lowest BCUT2D eigenvalue weighted by Gasteiger charge is -2.24. The number of carbonyl (C=O) groups excluding carboxylic acids is 1. The summed E-state index contributed by atoms with van der Waals surface area (Å²) in [6, 6.07) is 20.6.